The Kier molecular flexibility index (Phi) is 4.99. The minimum absolute atomic E-state index is 0.580. The second-order valence-corrected chi connectivity index (χ2v) is 9.01. The molecule has 1 unspecified atom stereocenters. The van der Waals surface area contributed by atoms with Gasteiger partial charge in [0.2, 0.25) is 0 Å². The minimum Gasteiger partial charge on any atom is -0.374 e. The van der Waals surface area contributed by atoms with Crippen LogP contribution >= 0.6 is 27.3 Å². The van der Waals surface area contributed by atoms with Crippen molar-refractivity contribution in [3.05, 3.63) is 125 Å². The van der Waals surface area contributed by atoms with E-state index in [1.54, 1.807) is 11.3 Å². The molecule has 5 rings (SSSR count). The number of aromatic nitrogens is 1. The topological polar surface area (TPSA) is 33.1 Å². The summed E-state index contributed by atoms with van der Waals surface area (Å²) in [5, 5.41) is 13.5. The quantitative estimate of drug-likeness (QED) is 0.286. The van der Waals surface area contributed by atoms with Gasteiger partial charge in [-0.25, -0.2) is 4.98 Å². The number of hydrogen-bond acceptors (Lipinski definition) is 3. The Bertz CT molecular complexity index is 1300. The second kappa shape index (κ2) is 7.80. The molecule has 146 valence electrons. The molecular formula is C26H18BrNOS. The largest absolute Gasteiger partial charge is 0.374 e. The van der Waals surface area contributed by atoms with Crippen molar-refractivity contribution in [2.75, 3.05) is 0 Å². The lowest BCUT2D eigenvalue weighted by atomic mass is 9.80. The van der Waals surface area contributed by atoms with E-state index in [0.717, 1.165) is 21.6 Å². The molecule has 0 aliphatic heterocycles. The third kappa shape index (κ3) is 3.27. The van der Waals surface area contributed by atoms with Gasteiger partial charge in [-0.2, -0.15) is 0 Å². The maximum Gasteiger partial charge on any atom is 0.157 e. The molecule has 3 aromatic carbocycles. The fourth-order valence-corrected chi connectivity index (χ4v) is 5.30. The van der Waals surface area contributed by atoms with Gasteiger partial charge in [-0.05, 0) is 56.7 Å². The molecule has 2 aromatic heterocycles. The van der Waals surface area contributed by atoms with Gasteiger partial charge in [0.1, 0.15) is 4.60 Å². The lowest BCUT2D eigenvalue weighted by Gasteiger charge is -2.31. The van der Waals surface area contributed by atoms with Gasteiger partial charge in [-0.1, -0.05) is 78.9 Å². The van der Waals surface area contributed by atoms with Gasteiger partial charge in [-0.3, -0.25) is 0 Å². The Morgan fingerprint density at radius 3 is 2.30 bits per heavy atom. The molecule has 1 N–H and O–H groups in total. The SMILES string of the molecule is OC(c1ccccc1)(c1cccc(Br)n1)c1ccccc1-c1cc2ccccc2s1. The molecule has 0 spiro atoms. The van der Waals surface area contributed by atoms with E-state index in [2.05, 4.69) is 57.3 Å². The number of thiophene rings is 1. The van der Waals surface area contributed by atoms with Crippen molar-refractivity contribution in [1.29, 1.82) is 0 Å². The summed E-state index contributed by atoms with van der Waals surface area (Å²) in [5.41, 5.74) is 1.79. The summed E-state index contributed by atoms with van der Waals surface area (Å²) in [4.78, 5) is 5.77. The number of nitrogens with zero attached hydrogens (tertiary/aromatic N) is 1. The molecule has 4 heteroatoms. The first-order valence-electron chi connectivity index (χ1n) is 9.65. The average molecular weight is 472 g/mol. The Morgan fingerprint density at radius 1 is 0.767 bits per heavy atom. The summed E-state index contributed by atoms with van der Waals surface area (Å²) < 4.78 is 1.92. The average Bonchev–Trinajstić information content (AvgIpc) is 3.23. The zero-order valence-electron chi connectivity index (χ0n) is 16.0. The van der Waals surface area contributed by atoms with Gasteiger partial charge in [0.05, 0.1) is 5.69 Å². The summed E-state index contributed by atoms with van der Waals surface area (Å²) in [6.45, 7) is 0. The summed E-state index contributed by atoms with van der Waals surface area (Å²) >= 11 is 5.20. The fourth-order valence-electron chi connectivity index (χ4n) is 3.86. The van der Waals surface area contributed by atoms with Crippen LogP contribution in [0.25, 0.3) is 20.5 Å². The van der Waals surface area contributed by atoms with Crippen molar-refractivity contribution in [1.82, 2.24) is 4.98 Å². The molecule has 0 bridgehead atoms. The maximum atomic E-state index is 12.3. The van der Waals surface area contributed by atoms with Crippen molar-refractivity contribution in [3.63, 3.8) is 0 Å². The Hall–Kier alpha value is -2.79. The molecule has 0 radical (unpaired) electrons. The molecule has 2 heterocycles. The Labute approximate surface area is 187 Å². The van der Waals surface area contributed by atoms with Crippen LogP contribution in [0.5, 0.6) is 0 Å². The zero-order chi connectivity index (χ0) is 20.6. The van der Waals surface area contributed by atoms with E-state index in [1.807, 2.05) is 66.7 Å². The molecule has 0 amide bonds. The minimum atomic E-state index is -1.39. The summed E-state index contributed by atoms with van der Waals surface area (Å²) in [5.74, 6) is 0. The predicted molar refractivity (Wildman–Crippen MR) is 128 cm³/mol. The van der Waals surface area contributed by atoms with Crippen molar-refractivity contribution in [2.24, 2.45) is 0 Å². The third-order valence-electron chi connectivity index (χ3n) is 5.29. The number of aliphatic hydroxyl groups is 1. The molecule has 30 heavy (non-hydrogen) atoms. The van der Waals surface area contributed by atoms with Crippen molar-refractivity contribution in [3.8, 4) is 10.4 Å². The number of fused-ring (bicyclic) bond motifs is 1. The van der Waals surface area contributed by atoms with Gasteiger partial charge in [0.15, 0.2) is 5.60 Å². The van der Waals surface area contributed by atoms with Gasteiger partial charge >= 0.3 is 0 Å². The van der Waals surface area contributed by atoms with E-state index in [9.17, 15) is 5.11 Å². The van der Waals surface area contributed by atoms with E-state index < -0.39 is 5.60 Å². The molecular weight excluding hydrogens is 454 g/mol. The van der Waals surface area contributed by atoms with Crippen LogP contribution in [0.4, 0.5) is 0 Å². The normalized spacial score (nSPS) is 13.3. The highest BCUT2D eigenvalue weighted by molar-refractivity contribution is 9.10. The summed E-state index contributed by atoms with van der Waals surface area (Å²) in [7, 11) is 0. The van der Waals surface area contributed by atoms with Gasteiger partial charge in [-0.15, -0.1) is 11.3 Å². The van der Waals surface area contributed by atoms with Crippen molar-refractivity contribution < 1.29 is 5.11 Å². The van der Waals surface area contributed by atoms with Crippen LogP contribution in [-0.4, -0.2) is 10.1 Å². The standard InChI is InChI=1S/C26H18BrNOS/c27-25-16-8-15-24(28-25)26(29,19-10-2-1-3-11-19)21-13-6-5-12-20(21)23-17-18-9-4-7-14-22(18)30-23/h1-17,29H. The Balaban J connectivity index is 1.79. The molecule has 0 aliphatic rings. The van der Waals surface area contributed by atoms with Gasteiger partial charge < -0.3 is 5.11 Å². The van der Waals surface area contributed by atoms with Crippen LogP contribution in [-0.2, 0) is 5.60 Å². The van der Waals surface area contributed by atoms with Crippen LogP contribution in [0.2, 0.25) is 0 Å². The summed E-state index contributed by atoms with van der Waals surface area (Å²) in [6, 6.07) is 34.0. The predicted octanol–water partition coefficient (Wildman–Crippen LogP) is 7.01. The highest BCUT2D eigenvalue weighted by atomic mass is 79.9. The molecule has 0 fully saturated rings. The first kappa shape index (κ1) is 19.2. The zero-order valence-corrected chi connectivity index (χ0v) is 18.4. The fraction of sp³-hybridized carbons (Fsp3) is 0.0385. The molecule has 5 aromatic rings. The molecule has 1 atom stereocenters. The smallest absolute Gasteiger partial charge is 0.157 e. The Morgan fingerprint density at radius 2 is 1.50 bits per heavy atom. The monoisotopic (exact) mass is 471 g/mol. The highest BCUT2D eigenvalue weighted by Crippen LogP contribution is 2.43. The van der Waals surface area contributed by atoms with E-state index in [-0.39, 0.29) is 0 Å². The lowest BCUT2D eigenvalue weighted by molar-refractivity contribution is 0.121. The number of halogens is 1. The molecule has 2 nitrogen and oxygen atoms in total. The van der Waals surface area contributed by atoms with E-state index in [1.165, 1.54) is 10.1 Å². The van der Waals surface area contributed by atoms with Crippen molar-refractivity contribution in [2.45, 2.75) is 5.60 Å². The highest BCUT2D eigenvalue weighted by Gasteiger charge is 2.37. The van der Waals surface area contributed by atoms with Crippen LogP contribution in [0, 0.1) is 0 Å². The second-order valence-electron chi connectivity index (χ2n) is 7.12. The summed E-state index contributed by atoms with van der Waals surface area (Å²) in [6.07, 6.45) is 0. The maximum absolute atomic E-state index is 12.3. The van der Waals surface area contributed by atoms with E-state index in [4.69, 9.17) is 0 Å². The van der Waals surface area contributed by atoms with E-state index >= 15 is 0 Å². The first-order valence-corrected chi connectivity index (χ1v) is 11.3. The van der Waals surface area contributed by atoms with E-state index in [0.29, 0.717) is 10.3 Å². The third-order valence-corrected chi connectivity index (χ3v) is 6.88. The van der Waals surface area contributed by atoms with Crippen molar-refractivity contribution >= 4 is 37.4 Å². The van der Waals surface area contributed by atoms with Gasteiger partial charge in [0.25, 0.3) is 0 Å². The van der Waals surface area contributed by atoms with Crippen LogP contribution < -0.4 is 0 Å². The molecule has 0 aliphatic carbocycles. The van der Waals surface area contributed by atoms with Crippen LogP contribution in [0.15, 0.2) is 108 Å². The molecule has 0 saturated carbocycles. The number of rotatable bonds is 4. The lowest BCUT2D eigenvalue weighted by Crippen LogP contribution is -2.30. The number of pyridine rings is 1. The van der Waals surface area contributed by atoms with Crippen LogP contribution in [0.3, 0.4) is 0 Å². The number of benzene rings is 3. The first-order chi connectivity index (χ1) is 14.7. The number of hydrogen-bond donors (Lipinski definition) is 1. The molecule has 0 saturated heterocycles. The van der Waals surface area contributed by atoms with Crippen LogP contribution in [0.1, 0.15) is 16.8 Å². The van der Waals surface area contributed by atoms with Gasteiger partial charge in [0, 0.05) is 15.1 Å².